The standard InChI is InChI=1S/C14H25NO4/c1-15(11-14(17)4-8-19-9-5-14)10-13(12-16)2-6-18-7-3-13/h12,17H,2-11H2,1H3. The van der Waals surface area contributed by atoms with Crippen molar-refractivity contribution in [3.63, 3.8) is 0 Å². The molecule has 0 amide bonds. The third-order valence-electron chi connectivity index (χ3n) is 4.31. The molecule has 2 fully saturated rings. The Bertz CT molecular complexity index is 296. The van der Waals surface area contributed by atoms with Crippen molar-refractivity contribution in [1.29, 1.82) is 0 Å². The average Bonchev–Trinajstić information content (AvgIpc) is 2.39. The Morgan fingerprint density at radius 1 is 1.05 bits per heavy atom. The van der Waals surface area contributed by atoms with Crippen LogP contribution in [-0.4, -0.2) is 68.5 Å². The molecule has 0 atom stereocenters. The fraction of sp³-hybridized carbons (Fsp3) is 0.929. The number of aliphatic hydroxyl groups is 1. The van der Waals surface area contributed by atoms with E-state index in [9.17, 15) is 9.90 Å². The van der Waals surface area contributed by atoms with Crippen molar-refractivity contribution in [2.75, 3.05) is 46.6 Å². The summed E-state index contributed by atoms with van der Waals surface area (Å²) in [5, 5.41) is 10.5. The number of carbonyl (C=O) groups is 1. The van der Waals surface area contributed by atoms with Gasteiger partial charge < -0.3 is 24.3 Å². The average molecular weight is 271 g/mol. The van der Waals surface area contributed by atoms with Gasteiger partial charge in [-0.25, -0.2) is 0 Å². The first kappa shape index (κ1) is 14.9. The predicted molar refractivity (Wildman–Crippen MR) is 71.0 cm³/mol. The lowest BCUT2D eigenvalue weighted by atomic mass is 9.81. The first-order chi connectivity index (χ1) is 9.08. The molecule has 0 aromatic carbocycles. The minimum Gasteiger partial charge on any atom is -0.388 e. The Balaban J connectivity index is 1.88. The minimum atomic E-state index is -0.664. The van der Waals surface area contributed by atoms with E-state index >= 15 is 0 Å². The van der Waals surface area contributed by atoms with Gasteiger partial charge in [-0.3, -0.25) is 0 Å². The summed E-state index contributed by atoms with van der Waals surface area (Å²) < 4.78 is 10.6. The number of nitrogens with zero attached hydrogens (tertiary/aromatic N) is 1. The molecule has 0 radical (unpaired) electrons. The van der Waals surface area contributed by atoms with Gasteiger partial charge in [-0.05, 0) is 19.9 Å². The zero-order valence-electron chi connectivity index (χ0n) is 11.8. The second-order valence-corrected chi connectivity index (χ2v) is 6.10. The van der Waals surface area contributed by atoms with E-state index in [1.165, 1.54) is 0 Å². The van der Waals surface area contributed by atoms with Crippen molar-refractivity contribution in [3.05, 3.63) is 0 Å². The summed E-state index contributed by atoms with van der Waals surface area (Å²) >= 11 is 0. The lowest BCUT2D eigenvalue weighted by molar-refractivity contribution is -0.125. The van der Waals surface area contributed by atoms with Crippen LogP contribution in [0.2, 0.25) is 0 Å². The zero-order chi connectivity index (χ0) is 13.8. The number of ether oxygens (including phenoxy) is 2. The van der Waals surface area contributed by atoms with E-state index in [2.05, 4.69) is 4.90 Å². The van der Waals surface area contributed by atoms with Gasteiger partial charge >= 0.3 is 0 Å². The van der Waals surface area contributed by atoms with Crippen LogP contribution < -0.4 is 0 Å². The normalized spacial score (nSPS) is 26.3. The zero-order valence-corrected chi connectivity index (χ0v) is 11.8. The van der Waals surface area contributed by atoms with Gasteiger partial charge in [0.15, 0.2) is 0 Å². The number of hydrogen-bond acceptors (Lipinski definition) is 5. The fourth-order valence-electron chi connectivity index (χ4n) is 3.10. The highest BCUT2D eigenvalue weighted by Gasteiger charge is 2.36. The molecule has 2 rings (SSSR count). The monoisotopic (exact) mass is 271 g/mol. The molecule has 2 aliphatic rings. The highest BCUT2D eigenvalue weighted by molar-refractivity contribution is 5.60. The summed E-state index contributed by atoms with van der Waals surface area (Å²) in [7, 11) is 1.98. The molecule has 0 bridgehead atoms. The van der Waals surface area contributed by atoms with Crippen molar-refractivity contribution in [2.24, 2.45) is 5.41 Å². The molecule has 0 aliphatic carbocycles. The molecular formula is C14H25NO4. The lowest BCUT2D eigenvalue weighted by Crippen LogP contribution is -2.49. The Morgan fingerprint density at radius 2 is 1.58 bits per heavy atom. The van der Waals surface area contributed by atoms with Crippen LogP contribution in [0.3, 0.4) is 0 Å². The van der Waals surface area contributed by atoms with Gasteiger partial charge in [0.1, 0.15) is 6.29 Å². The van der Waals surface area contributed by atoms with E-state index in [1.807, 2.05) is 7.05 Å². The van der Waals surface area contributed by atoms with E-state index in [0.29, 0.717) is 52.4 Å². The SMILES string of the molecule is CN(CC1(O)CCOCC1)CC1(C=O)CCOCC1. The summed E-state index contributed by atoms with van der Waals surface area (Å²) in [4.78, 5) is 13.5. The van der Waals surface area contributed by atoms with Gasteiger partial charge in [0.25, 0.3) is 0 Å². The minimum absolute atomic E-state index is 0.297. The number of likely N-dealkylation sites (N-methyl/N-ethyl adjacent to an activating group) is 1. The molecule has 0 unspecified atom stereocenters. The molecule has 0 aromatic rings. The van der Waals surface area contributed by atoms with Crippen LogP contribution in [0, 0.1) is 5.41 Å². The number of hydrogen-bond donors (Lipinski definition) is 1. The summed E-state index contributed by atoms with van der Waals surface area (Å²) in [6, 6.07) is 0. The summed E-state index contributed by atoms with van der Waals surface area (Å²) in [6.07, 6.45) is 3.99. The molecule has 2 saturated heterocycles. The van der Waals surface area contributed by atoms with Crippen LogP contribution in [0.4, 0.5) is 0 Å². The first-order valence-electron chi connectivity index (χ1n) is 7.10. The van der Waals surface area contributed by atoms with E-state index in [1.54, 1.807) is 0 Å². The Morgan fingerprint density at radius 3 is 2.11 bits per heavy atom. The molecule has 2 aliphatic heterocycles. The third-order valence-corrected chi connectivity index (χ3v) is 4.31. The third kappa shape index (κ3) is 3.99. The maximum atomic E-state index is 11.4. The van der Waals surface area contributed by atoms with Crippen molar-refractivity contribution < 1.29 is 19.4 Å². The molecule has 5 nitrogen and oxygen atoms in total. The molecule has 110 valence electrons. The highest BCUT2D eigenvalue weighted by Crippen LogP contribution is 2.30. The smallest absolute Gasteiger partial charge is 0.127 e. The number of carbonyl (C=O) groups excluding carboxylic acids is 1. The first-order valence-corrected chi connectivity index (χ1v) is 7.10. The molecule has 5 heteroatoms. The van der Waals surface area contributed by atoms with Gasteiger partial charge in [0.2, 0.25) is 0 Å². The highest BCUT2D eigenvalue weighted by atomic mass is 16.5. The maximum Gasteiger partial charge on any atom is 0.127 e. The molecular weight excluding hydrogens is 246 g/mol. The number of aldehydes is 1. The topological polar surface area (TPSA) is 59.0 Å². The second-order valence-electron chi connectivity index (χ2n) is 6.10. The lowest BCUT2D eigenvalue weighted by Gasteiger charge is -2.40. The second kappa shape index (κ2) is 6.31. The van der Waals surface area contributed by atoms with Crippen molar-refractivity contribution in [2.45, 2.75) is 31.3 Å². The quantitative estimate of drug-likeness (QED) is 0.736. The molecule has 2 heterocycles. The molecule has 0 spiro atoms. The molecule has 1 N–H and O–H groups in total. The Labute approximate surface area is 114 Å². The summed E-state index contributed by atoms with van der Waals surface area (Å²) in [5.41, 5.74) is -0.962. The summed E-state index contributed by atoms with van der Waals surface area (Å²) in [5.74, 6) is 0. The van der Waals surface area contributed by atoms with E-state index in [-0.39, 0.29) is 5.41 Å². The van der Waals surface area contributed by atoms with Gasteiger partial charge in [-0.2, -0.15) is 0 Å². The van der Waals surface area contributed by atoms with Crippen molar-refractivity contribution in [1.82, 2.24) is 4.90 Å². The maximum absolute atomic E-state index is 11.4. The van der Waals surface area contributed by atoms with Crippen LogP contribution in [0.5, 0.6) is 0 Å². The largest absolute Gasteiger partial charge is 0.388 e. The van der Waals surface area contributed by atoms with Crippen molar-refractivity contribution >= 4 is 6.29 Å². The molecule has 0 saturated carbocycles. The fourth-order valence-corrected chi connectivity index (χ4v) is 3.10. The van der Waals surface area contributed by atoms with Crippen LogP contribution in [0.25, 0.3) is 0 Å². The van der Waals surface area contributed by atoms with Gasteiger partial charge in [0.05, 0.1) is 5.60 Å². The van der Waals surface area contributed by atoms with Gasteiger partial charge in [0, 0.05) is 57.8 Å². The van der Waals surface area contributed by atoms with Crippen LogP contribution in [-0.2, 0) is 14.3 Å². The van der Waals surface area contributed by atoms with Gasteiger partial charge in [-0.15, -0.1) is 0 Å². The molecule has 0 aromatic heterocycles. The van der Waals surface area contributed by atoms with Crippen LogP contribution >= 0.6 is 0 Å². The Hall–Kier alpha value is -0.490. The van der Waals surface area contributed by atoms with Crippen LogP contribution in [0.15, 0.2) is 0 Å². The van der Waals surface area contributed by atoms with E-state index in [0.717, 1.165) is 19.1 Å². The number of rotatable bonds is 5. The molecule has 19 heavy (non-hydrogen) atoms. The van der Waals surface area contributed by atoms with E-state index in [4.69, 9.17) is 9.47 Å². The predicted octanol–water partition coefficient (Wildman–Crippen LogP) is 0.455. The summed E-state index contributed by atoms with van der Waals surface area (Å²) in [6.45, 7) is 3.86. The van der Waals surface area contributed by atoms with E-state index < -0.39 is 5.60 Å². The Kier molecular flexibility index (Phi) is 4.95. The van der Waals surface area contributed by atoms with Gasteiger partial charge in [-0.1, -0.05) is 0 Å². The van der Waals surface area contributed by atoms with Crippen molar-refractivity contribution in [3.8, 4) is 0 Å². The van der Waals surface area contributed by atoms with Crippen LogP contribution in [0.1, 0.15) is 25.7 Å².